The number of rotatable bonds is 9. The fourth-order valence-corrected chi connectivity index (χ4v) is 0.626. The Morgan fingerprint density at radius 1 is 0.875 bits per heavy atom. The zero-order chi connectivity index (χ0) is 12.6. The molecule has 0 aromatic heterocycles. The monoisotopic (exact) mass is 235 g/mol. The zero-order valence-corrected chi connectivity index (χ0v) is 10.9. The second kappa shape index (κ2) is 16.8. The molecule has 0 heterocycles. The molecule has 0 bridgehead atoms. The minimum Gasteiger partial charge on any atom is -0.379 e. The summed E-state index contributed by atoms with van der Waals surface area (Å²) >= 11 is 0. The first-order chi connectivity index (χ1) is 7.68. The van der Waals surface area contributed by atoms with Gasteiger partial charge in [-0.2, -0.15) is 0 Å². The molecule has 0 aromatic rings. The summed E-state index contributed by atoms with van der Waals surface area (Å²) in [4.78, 5) is 10.9. The first-order valence-corrected chi connectivity index (χ1v) is 5.53. The van der Waals surface area contributed by atoms with Crippen molar-refractivity contribution in [2.24, 2.45) is 0 Å². The van der Waals surface area contributed by atoms with Crippen LogP contribution in [0, 0.1) is 0 Å². The van der Waals surface area contributed by atoms with Crippen LogP contribution in [0.3, 0.4) is 0 Å². The number of carbonyl (C=O) groups is 1. The van der Waals surface area contributed by atoms with Gasteiger partial charge in [-0.25, -0.2) is 0 Å². The molecule has 5 heteroatoms. The van der Waals surface area contributed by atoms with Gasteiger partial charge in [0.1, 0.15) is 0 Å². The molecule has 0 spiro atoms. The lowest BCUT2D eigenvalue weighted by Gasteiger charge is -2.03. The third-order valence-corrected chi connectivity index (χ3v) is 1.36. The summed E-state index contributed by atoms with van der Waals surface area (Å²) in [6.07, 6.45) is 0.750. The van der Waals surface area contributed by atoms with Gasteiger partial charge in [0, 0.05) is 27.3 Å². The van der Waals surface area contributed by atoms with Crippen LogP contribution in [0.15, 0.2) is 0 Å². The zero-order valence-electron chi connectivity index (χ0n) is 10.9. The third kappa shape index (κ3) is 23.3. The minimum absolute atomic E-state index is 0.668. The van der Waals surface area contributed by atoms with E-state index in [-0.39, 0.29) is 0 Å². The molecule has 0 aliphatic heterocycles. The first kappa shape index (κ1) is 17.7. The van der Waals surface area contributed by atoms with Gasteiger partial charge in [-0.1, -0.05) is 0 Å². The van der Waals surface area contributed by atoms with E-state index in [1.165, 1.54) is 4.90 Å². The number of ether oxygens (including phenoxy) is 3. The Bertz CT molecular complexity index is 123. The van der Waals surface area contributed by atoms with Gasteiger partial charge in [0.25, 0.3) is 0 Å². The van der Waals surface area contributed by atoms with Crippen LogP contribution >= 0.6 is 0 Å². The van der Waals surface area contributed by atoms with Gasteiger partial charge in [0.15, 0.2) is 0 Å². The van der Waals surface area contributed by atoms with E-state index in [9.17, 15) is 4.79 Å². The number of amides is 1. The van der Waals surface area contributed by atoms with Crippen molar-refractivity contribution >= 4 is 6.41 Å². The Balaban J connectivity index is 0. The Hall–Kier alpha value is -0.650. The van der Waals surface area contributed by atoms with Crippen molar-refractivity contribution in [2.75, 3.05) is 53.7 Å². The fourth-order valence-electron chi connectivity index (χ4n) is 0.626. The predicted octanol–water partition coefficient (Wildman–Crippen LogP) is 0.780. The van der Waals surface area contributed by atoms with Crippen LogP contribution in [0.25, 0.3) is 0 Å². The summed E-state index contributed by atoms with van der Waals surface area (Å²) in [7, 11) is 3.38. The highest BCUT2D eigenvalue weighted by Crippen LogP contribution is 1.79. The van der Waals surface area contributed by atoms with Gasteiger partial charge in [-0.05, 0) is 13.8 Å². The maximum Gasteiger partial charge on any atom is 0.209 e. The second-order valence-electron chi connectivity index (χ2n) is 3.08. The molecule has 0 saturated carbocycles. The number of nitrogens with zero attached hydrogens (tertiary/aromatic N) is 1. The van der Waals surface area contributed by atoms with Crippen molar-refractivity contribution in [3.63, 3.8) is 0 Å². The maximum absolute atomic E-state index is 9.43. The number of hydrogen-bond donors (Lipinski definition) is 0. The highest BCUT2D eigenvalue weighted by atomic mass is 16.5. The van der Waals surface area contributed by atoms with Gasteiger partial charge in [-0.3, -0.25) is 4.79 Å². The van der Waals surface area contributed by atoms with Crippen molar-refractivity contribution in [1.82, 2.24) is 4.90 Å². The molecule has 0 atom stereocenters. The smallest absolute Gasteiger partial charge is 0.209 e. The van der Waals surface area contributed by atoms with E-state index < -0.39 is 0 Å². The van der Waals surface area contributed by atoms with Gasteiger partial charge >= 0.3 is 0 Å². The van der Waals surface area contributed by atoms with E-state index in [2.05, 4.69) is 0 Å². The lowest BCUT2D eigenvalue weighted by molar-refractivity contribution is -0.115. The SMILES string of the molecule is CCOCCOCCOCC.CN(C)C=O. The van der Waals surface area contributed by atoms with E-state index in [0.717, 1.165) is 19.6 Å². The molecule has 0 fully saturated rings. The maximum atomic E-state index is 9.43. The first-order valence-electron chi connectivity index (χ1n) is 5.53. The van der Waals surface area contributed by atoms with Crippen molar-refractivity contribution in [3.05, 3.63) is 0 Å². The topological polar surface area (TPSA) is 48.0 Å². The summed E-state index contributed by atoms with van der Waals surface area (Å²) in [5.41, 5.74) is 0. The normalized spacial score (nSPS) is 9.25. The summed E-state index contributed by atoms with van der Waals surface area (Å²) in [6, 6.07) is 0. The molecule has 0 aromatic carbocycles. The molecule has 0 aliphatic rings. The van der Waals surface area contributed by atoms with Crippen molar-refractivity contribution in [2.45, 2.75) is 13.8 Å². The molecule has 98 valence electrons. The van der Waals surface area contributed by atoms with E-state index in [4.69, 9.17) is 14.2 Å². The van der Waals surface area contributed by atoms with E-state index in [1.807, 2.05) is 13.8 Å². The van der Waals surface area contributed by atoms with Crippen LogP contribution in [0.5, 0.6) is 0 Å². The van der Waals surface area contributed by atoms with Crippen LogP contribution in [-0.4, -0.2) is 65.0 Å². The van der Waals surface area contributed by atoms with Crippen molar-refractivity contribution in [3.8, 4) is 0 Å². The number of carbonyl (C=O) groups excluding carboxylic acids is 1. The highest BCUT2D eigenvalue weighted by molar-refractivity contribution is 5.45. The number of hydrogen-bond acceptors (Lipinski definition) is 4. The molecule has 0 aliphatic carbocycles. The molecular formula is C11H25NO4. The molecule has 1 amide bonds. The summed E-state index contributed by atoms with van der Waals surface area (Å²) in [6.45, 7) is 8.16. The molecule has 16 heavy (non-hydrogen) atoms. The summed E-state index contributed by atoms with van der Waals surface area (Å²) in [5, 5.41) is 0. The van der Waals surface area contributed by atoms with Crippen LogP contribution in [0.2, 0.25) is 0 Å². The van der Waals surface area contributed by atoms with Crippen LogP contribution < -0.4 is 0 Å². The molecule has 0 N–H and O–H groups in total. The fraction of sp³-hybridized carbons (Fsp3) is 0.909. The Labute approximate surface area is 98.7 Å². The third-order valence-electron chi connectivity index (χ3n) is 1.36. The minimum atomic E-state index is 0.668. The van der Waals surface area contributed by atoms with Crippen LogP contribution in [-0.2, 0) is 19.0 Å². The largest absolute Gasteiger partial charge is 0.379 e. The lowest BCUT2D eigenvalue weighted by Crippen LogP contribution is -2.08. The quantitative estimate of drug-likeness (QED) is 0.438. The molecule has 0 radical (unpaired) electrons. The highest BCUT2D eigenvalue weighted by Gasteiger charge is 1.87. The van der Waals surface area contributed by atoms with Crippen LogP contribution in [0.1, 0.15) is 13.8 Å². The Morgan fingerprint density at radius 2 is 1.19 bits per heavy atom. The summed E-state index contributed by atoms with van der Waals surface area (Å²) in [5.74, 6) is 0. The second-order valence-corrected chi connectivity index (χ2v) is 3.08. The van der Waals surface area contributed by atoms with Crippen molar-refractivity contribution < 1.29 is 19.0 Å². The summed E-state index contributed by atoms with van der Waals surface area (Å²) < 4.78 is 15.3. The van der Waals surface area contributed by atoms with E-state index >= 15 is 0 Å². The predicted molar refractivity (Wildman–Crippen MR) is 63.6 cm³/mol. The van der Waals surface area contributed by atoms with Crippen molar-refractivity contribution in [1.29, 1.82) is 0 Å². The van der Waals surface area contributed by atoms with Gasteiger partial charge in [0.05, 0.1) is 26.4 Å². The van der Waals surface area contributed by atoms with E-state index in [0.29, 0.717) is 26.4 Å². The van der Waals surface area contributed by atoms with Gasteiger partial charge in [-0.15, -0.1) is 0 Å². The molecule has 0 rings (SSSR count). The standard InChI is InChI=1S/C8H18O3.C3H7NO/c1-3-9-5-7-11-8-6-10-4-2;1-4(2)3-5/h3-8H2,1-2H3;3H,1-2H3. The Kier molecular flexibility index (Phi) is 18.6. The molecule has 0 saturated heterocycles. The lowest BCUT2D eigenvalue weighted by atomic mass is 10.7. The Morgan fingerprint density at radius 3 is 1.44 bits per heavy atom. The molecule has 5 nitrogen and oxygen atoms in total. The van der Waals surface area contributed by atoms with E-state index in [1.54, 1.807) is 14.1 Å². The molecule has 0 unspecified atom stereocenters. The molecular weight excluding hydrogens is 210 g/mol. The van der Waals surface area contributed by atoms with Crippen LogP contribution in [0.4, 0.5) is 0 Å². The van der Waals surface area contributed by atoms with Gasteiger partial charge < -0.3 is 19.1 Å². The van der Waals surface area contributed by atoms with Gasteiger partial charge in [0.2, 0.25) is 6.41 Å². The average Bonchev–Trinajstić information content (AvgIpc) is 2.29. The average molecular weight is 235 g/mol.